The largest absolute Gasteiger partial charge is 0.328 e. The number of nitrogens with zero attached hydrogens (tertiary/aromatic N) is 2. The van der Waals surface area contributed by atoms with Gasteiger partial charge in [-0.25, -0.2) is 0 Å². The third-order valence-corrected chi connectivity index (χ3v) is 1.76. The summed E-state index contributed by atoms with van der Waals surface area (Å²) in [7, 11) is 6.64. The highest BCUT2D eigenvalue weighted by Gasteiger charge is 2.01. The molecule has 0 fully saturated rings. The first kappa shape index (κ1) is 14.5. The van der Waals surface area contributed by atoms with Gasteiger partial charge in [0.2, 0.25) is 0 Å². The highest BCUT2D eigenvalue weighted by atomic mass is 15.3. The minimum Gasteiger partial charge on any atom is -0.328 e. The lowest BCUT2D eigenvalue weighted by Gasteiger charge is -2.21. The molecule has 3 heteroatoms. The fraction of sp³-hybridized carbons (Fsp3) is 0.308. The SMILES string of the molecule is C[N+](C)(C)CC=Cc1ccccc1.[BH3-]C#N. The van der Waals surface area contributed by atoms with E-state index >= 15 is 0 Å². The van der Waals surface area contributed by atoms with E-state index in [0.29, 0.717) is 0 Å². The Morgan fingerprint density at radius 1 is 1.25 bits per heavy atom. The average Bonchev–Trinajstić information content (AvgIpc) is 2.18. The van der Waals surface area contributed by atoms with Gasteiger partial charge in [-0.2, -0.15) is 5.97 Å². The van der Waals surface area contributed by atoms with Gasteiger partial charge in [-0.15, -0.1) is 0 Å². The van der Waals surface area contributed by atoms with Gasteiger partial charge in [0.1, 0.15) is 0 Å². The van der Waals surface area contributed by atoms with Crippen molar-refractivity contribution in [1.82, 2.24) is 0 Å². The lowest BCUT2D eigenvalue weighted by atomic mass is 10.2. The highest BCUT2D eigenvalue weighted by molar-refractivity contribution is 6.20. The molecule has 0 spiro atoms. The second-order valence-electron chi connectivity index (χ2n) is 4.29. The average molecular weight is 216 g/mol. The molecule has 0 aliphatic heterocycles. The van der Waals surface area contributed by atoms with Gasteiger partial charge in [-0.3, -0.25) is 5.26 Å². The maximum Gasteiger partial charge on any atom is 0.0970 e. The monoisotopic (exact) mass is 216 g/mol. The van der Waals surface area contributed by atoms with Crippen LogP contribution in [0, 0.1) is 11.2 Å². The molecule has 1 aromatic carbocycles. The zero-order chi connectivity index (χ0) is 12.4. The fourth-order valence-electron chi connectivity index (χ4n) is 1.07. The molecule has 16 heavy (non-hydrogen) atoms. The number of benzene rings is 1. The maximum atomic E-state index is 7.43. The zero-order valence-electron chi connectivity index (χ0n) is 9.64. The molecule has 0 saturated heterocycles. The number of quaternary nitrogens is 1. The van der Waals surface area contributed by atoms with Crippen molar-refractivity contribution in [2.45, 2.75) is 0 Å². The number of likely N-dealkylation sites (N-methyl/N-ethyl adjacent to an activating group) is 1. The second-order valence-corrected chi connectivity index (χ2v) is 4.29. The van der Waals surface area contributed by atoms with E-state index < -0.39 is 0 Å². The van der Waals surface area contributed by atoms with Crippen LogP contribution < -0.4 is 0 Å². The van der Waals surface area contributed by atoms with Gasteiger partial charge >= 0.3 is 0 Å². The Labute approximate surface area is 99.8 Å². The van der Waals surface area contributed by atoms with Crippen LogP contribution >= 0.6 is 0 Å². The molecular formula is C13H21BN2. The van der Waals surface area contributed by atoms with Crippen LogP contribution in [0.15, 0.2) is 36.4 Å². The van der Waals surface area contributed by atoms with Gasteiger partial charge < -0.3 is 4.48 Å². The van der Waals surface area contributed by atoms with Gasteiger partial charge in [-0.1, -0.05) is 36.4 Å². The maximum absolute atomic E-state index is 7.43. The molecule has 0 N–H and O–H groups in total. The van der Waals surface area contributed by atoms with E-state index in [4.69, 9.17) is 5.26 Å². The Kier molecular flexibility index (Phi) is 6.99. The minimum atomic E-state index is 0.0694. The summed E-state index contributed by atoms with van der Waals surface area (Å²) in [6.45, 7) is 1.06. The first-order valence-electron chi connectivity index (χ1n) is 4.82. The highest BCUT2D eigenvalue weighted by Crippen LogP contribution is 2.01. The summed E-state index contributed by atoms with van der Waals surface area (Å²) in [5, 5.41) is 7.43. The molecule has 0 radical (unpaired) electrons. The Morgan fingerprint density at radius 3 is 2.19 bits per heavy atom. The van der Waals surface area contributed by atoms with Crippen LogP contribution in [-0.4, -0.2) is 40.0 Å². The van der Waals surface area contributed by atoms with Gasteiger partial charge in [-0.05, 0) is 11.6 Å². The molecule has 0 amide bonds. The molecule has 0 atom stereocenters. The summed E-state index contributed by atoms with van der Waals surface area (Å²) in [5.74, 6) is 2.00. The van der Waals surface area contributed by atoms with Crippen LogP contribution in [0.2, 0.25) is 0 Å². The van der Waals surface area contributed by atoms with E-state index in [9.17, 15) is 0 Å². The third kappa shape index (κ3) is 9.05. The molecule has 0 aromatic heterocycles. The first-order chi connectivity index (χ1) is 7.49. The van der Waals surface area contributed by atoms with Crippen molar-refractivity contribution in [3.8, 4) is 5.97 Å². The molecular weight excluding hydrogens is 195 g/mol. The number of nitriles is 1. The number of hydrogen-bond acceptors (Lipinski definition) is 1. The molecule has 1 rings (SSSR count). The first-order valence-corrected chi connectivity index (χ1v) is 4.82. The summed E-state index contributed by atoms with van der Waals surface area (Å²) in [4.78, 5) is 0. The van der Waals surface area contributed by atoms with Crippen molar-refractivity contribution in [3.63, 3.8) is 0 Å². The quantitative estimate of drug-likeness (QED) is 0.550. The van der Waals surface area contributed by atoms with E-state index in [-0.39, 0.29) is 7.85 Å². The van der Waals surface area contributed by atoms with Crippen LogP contribution in [0.4, 0.5) is 0 Å². The van der Waals surface area contributed by atoms with Crippen molar-refractivity contribution < 1.29 is 4.48 Å². The van der Waals surface area contributed by atoms with E-state index in [1.807, 2.05) is 12.0 Å². The molecule has 1 aromatic rings. The van der Waals surface area contributed by atoms with Gasteiger partial charge in [0.25, 0.3) is 0 Å². The smallest absolute Gasteiger partial charge is 0.0970 e. The van der Waals surface area contributed by atoms with Gasteiger partial charge in [0.05, 0.1) is 35.5 Å². The molecule has 0 unspecified atom stereocenters. The summed E-state index contributed by atoms with van der Waals surface area (Å²) in [6.07, 6.45) is 4.39. The number of hydrogen-bond donors (Lipinski definition) is 0. The van der Waals surface area contributed by atoms with Crippen LogP contribution in [-0.2, 0) is 0 Å². The molecule has 0 heterocycles. The number of rotatable bonds is 3. The predicted molar refractivity (Wildman–Crippen MR) is 73.9 cm³/mol. The molecule has 0 saturated carbocycles. The minimum absolute atomic E-state index is 0.0694. The molecule has 0 bridgehead atoms. The Hall–Kier alpha value is -1.53. The van der Waals surface area contributed by atoms with Crippen LogP contribution in [0.25, 0.3) is 6.08 Å². The van der Waals surface area contributed by atoms with Crippen molar-refractivity contribution in [1.29, 1.82) is 5.26 Å². The van der Waals surface area contributed by atoms with E-state index in [0.717, 1.165) is 11.0 Å². The van der Waals surface area contributed by atoms with Crippen molar-refractivity contribution in [2.24, 2.45) is 0 Å². The van der Waals surface area contributed by atoms with E-state index in [2.05, 4.69) is 57.6 Å². The second kappa shape index (κ2) is 7.73. The molecule has 0 aliphatic rings. The van der Waals surface area contributed by atoms with Crippen LogP contribution in [0.3, 0.4) is 0 Å². The van der Waals surface area contributed by atoms with Crippen molar-refractivity contribution >= 4 is 13.9 Å². The molecule has 2 nitrogen and oxygen atoms in total. The molecule has 86 valence electrons. The Bertz CT molecular complexity index is 344. The lowest BCUT2D eigenvalue weighted by molar-refractivity contribution is -0.864. The standard InChI is InChI=1S/C12H18N.CH3BN/c1-13(2,3)11-7-10-12-8-5-4-6-9-12;2-1-3/h4-10H,11H2,1-3H3;2H3/q+1;-1. The van der Waals surface area contributed by atoms with Crippen molar-refractivity contribution in [2.75, 3.05) is 27.7 Å². The third-order valence-electron chi connectivity index (χ3n) is 1.76. The predicted octanol–water partition coefficient (Wildman–Crippen LogP) is 1.24. The van der Waals surface area contributed by atoms with E-state index in [1.165, 1.54) is 5.56 Å². The van der Waals surface area contributed by atoms with Crippen LogP contribution in [0.1, 0.15) is 5.56 Å². The molecule has 0 aliphatic carbocycles. The summed E-state index contributed by atoms with van der Waals surface area (Å²) in [6, 6.07) is 10.4. The normalized spacial score (nSPS) is 10.4. The Morgan fingerprint density at radius 2 is 1.75 bits per heavy atom. The van der Waals surface area contributed by atoms with Gasteiger partial charge in [0.15, 0.2) is 0 Å². The topological polar surface area (TPSA) is 23.8 Å². The Balaban J connectivity index is 0.000000673. The van der Waals surface area contributed by atoms with Crippen molar-refractivity contribution in [3.05, 3.63) is 42.0 Å². The van der Waals surface area contributed by atoms with Crippen LogP contribution in [0.5, 0.6) is 0 Å². The lowest BCUT2D eigenvalue weighted by Crippen LogP contribution is -2.34. The summed E-state index contributed by atoms with van der Waals surface area (Å²) in [5.41, 5.74) is 1.27. The van der Waals surface area contributed by atoms with Gasteiger partial charge in [0, 0.05) is 0 Å². The fourth-order valence-corrected chi connectivity index (χ4v) is 1.07. The summed E-state index contributed by atoms with van der Waals surface area (Å²) < 4.78 is 0.976. The summed E-state index contributed by atoms with van der Waals surface area (Å²) >= 11 is 0. The van der Waals surface area contributed by atoms with E-state index in [1.54, 1.807) is 0 Å². The zero-order valence-corrected chi connectivity index (χ0v) is 9.64.